The van der Waals surface area contributed by atoms with Crippen molar-refractivity contribution in [1.82, 2.24) is 10.3 Å². The monoisotopic (exact) mass is 378 g/mol. The van der Waals surface area contributed by atoms with E-state index in [-0.39, 0.29) is 12.1 Å². The van der Waals surface area contributed by atoms with Gasteiger partial charge in [-0.3, -0.25) is 9.78 Å². The molecule has 0 radical (unpaired) electrons. The van der Waals surface area contributed by atoms with Crippen molar-refractivity contribution in [3.05, 3.63) is 75.7 Å². The van der Waals surface area contributed by atoms with Crippen LogP contribution in [0.4, 0.5) is 4.39 Å². The molecule has 0 aliphatic heterocycles. The van der Waals surface area contributed by atoms with Crippen LogP contribution in [0, 0.1) is 5.82 Å². The van der Waals surface area contributed by atoms with Gasteiger partial charge in [-0.2, -0.15) is 0 Å². The van der Waals surface area contributed by atoms with Crippen LogP contribution < -0.4 is 5.32 Å². The van der Waals surface area contributed by atoms with Gasteiger partial charge in [0.25, 0.3) is 5.91 Å². The fraction of sp³-hybridized carbons (Fsp3) is 0.111. The van der Waals surface area contributed by atoms with E-state index in [9.17, 15) is 14.3 Å². The molecule has 0 spiro atoms. The summed E-state index contributed by atoms with van der Waals surface area (Å²) in [7, 11) is 0. The van der Waals surface area contributed by atoms with E-state index >= 15 is 0 Å². The minimum absolute atomic E-state index is 0.0922. The summed E-state index contributed by atoms with van der Waals surface area (Å²) in [6, 6.07) is 10.4. The van der Waals surface area contributed by atoms with Gasteiger partial charge in [0.05, 0.1) is 17.2 Å². The summed E-state index contributed by atoms with van der Waals surface area (Å²) in [6.07, 6.45) is 0.501. The molecule has 128 valence electrons. The lowest BCUT2D eigenvalue weighted by atomic mass is 10.1. The van der Waals surface area contributed by atoms with Crippen LogP contribution in [0.1, 0.15) is 22.0 Å². The topological polar surface area (TPSA) is 62.2 Å². The lowest BCUT2D eigenvalue weighted by Gasteiger charge is -2.14. The largest absolute Gasteiger partial charge is 0.387 e. The van der Waals surface area contributed by atoms with E-state index in [2.05, 4.69) is 10.3 Å². The lowest BCUT2D eigenvalue weighted by Crippen LogP contribution is -2.28. The fourth-order valence-corrected chi connectivity index (χ4v) is 3.03. The summed E-state index contributed by atoms with van der Waals surface area (Å²) in [6.45, 7) is -0.0922. The van der Waals surface area contributed by atoms with Crippen LogP contribution in [0.15, 0.2) is 48.7 Å². The molecule has 1 amide bonds. The van der Waals surface area contributed by atoms with Crippen LogP contribution in [0.25, 0.3) is 10.9 Å². The number of halogens is 3. The van der Waals surface area contributed by atoms with E-state index in [1.165, 1.54) is 18.3 Å². The highest BCUT2D eigenvalue weighted by Crippen LogP contribution is 2.26. The Morgan fingerprint density at radius 3 is 2.80 bits per heavy atom. The SMILES string of the molecule is O=C(NC[C@@H](O)c1ccc(Cl)cc1Cl)c1cc(F)cc2cccnc12. The quantitative estimate of drug-likeness (QED) is 0.716. The number of fused-ring (bicyclic) bond motifs is 1. The van der Waals surface area contributed by atoms with Gasteiger partial charge in [-0.15, -0.1) is 0 Å². The molecule has 7 heteroatoms. The standard InChI is InChI=1S/C18H13Cl2FN2O2/c19-11-3-4-13(15(20)7-11)16(24)9-23-18(25)14-8-12(21)6-10-2-1-5-22-17(10)14/h1-8,16,24H,9H2,(H,23,25)/t16-/m1/s1. The Morgan fingerprint density at radius 2 is 2.04 bits per heavy atom. The van der Waals surface area contributed by atoms with Crippen LogP contribution in [-0.4, -0.2) is 22.5 Å². The number of carbonyl (C=O) groups is 1. The molecule has 0 aliphatic carbocycles. The van der Waals surface area contributed by atoms with E-state index in [1.54, 1.807) is 24.3 Å². The van der Waals surface area contributed by atoms with E-state index < -0.39 is 17.8 Å². The Kier molecular flexibility index (Phi) is 5.18. The number of nitrogens with zero attached hydrogens (tertiary/aromatic N) is 1. The summed E-state index contributed by atoms with van der Waals surface area (Å²) in [5.74, 6) is -1.07. The molecule has 0 unspecified atom stereocenters. The number of hydrogen-bond acceptors (Lipinski definition) is 3. The first-order valence-corrected chi connectivity index (χ1v) is 8.17. The first kappa shape index (κ1) is 17.6. The third-order valence-corrected chi connectivity index (χ3v) is 4.25. The van der Waals surface area contributed by atoms with E-state index in [4.69, 9.17) is 23.2 Å². The van der Waals surface area contributed by atoms with Gasteiger partial charge < -0.3 is 10.4 Å². The second kappa shape index (κ2) is 7.35. The van der Waals surface area contributed by atoms with Crippen LogP contribution in [0.2, 0.25) is 10.0 Å². The lowest BCUT2D eigenvalue weighted by molar-refractivity contribution is 0.0917. The Bertz CT molecular complexity index is 950. The van der Waals surface area contributed by atoms with Gasteiger partial charge in [-0.1, -0.05) is 35.3 Å². The Labute approximate surface area is 153 Å². The summed E-state index contributed by atoms with van der Waals surface area (Å²) >= 11 is 11.9. The number of aromatic nitrogens is 1. The van der Waals surface area contributed by atoms with Crippen LogP contribution in [0.5, 0.6) is 0 Å². The normalized spacial score (nSPS) is 12.2. The number of nitrogens with one attached hydrogen (secondary N) is 1. The van der Waals surface area contributed by atoms with Gasteiger partial charge in [0, 0.05) is 33.7 Å². The third-order valence-electron chi connectivity index (χ3n) is 3.69. The zero-order valence-corrected chi connectivity index (χ0v) is 14.4. The molecule has 25 heavy (non-hydrogen) atoms. The number of aliphatic hydroxyl groups is 1. The van der Waals surface area contributed by atoms with Crippen molar-refractivity contribution in [3.63, 3.8) is 0 Å². The minimum Gasteiger partial charge on any atom is -0.387 e. The van der Waals surface area contributed by atoms with E-state index in [1.807, 2.05) is 0 Å². The molecule has 0 saturated heterocycles. The maximum Gasteiger partial charge on any atom is 0.253 e. The van der Waals surface area contributed by atoms with Gasteiger partial charge in [-0.05, 0) is 30.3 Å². The fourth-order valence-electron chi connectivity index (χ4n) is 2.50. The number of aliphatic hydroxyl groups excluding tert-OH is 1. The van der Waals surface area contributed by atoms with Crippen molar-refractivity contribution in [2.75, 3.05) is 6.54 Å². The summed E-state index contributed by atoms with van der Waals surface area (Å²) in [4.78, 5) is 16.5. The van der Waals surface area contributed by atoms with Crippen molar-refractivity contribution in [3.8, 4) is 0 Å². The summed E-state index contributed by atoms with van der Waals surface area (Å²) < 4.78 is 13.7. The maximum absolute atomic E-state index is 13.7. The summed E-state index contributed by atoms with van der Waals surface area (Å²) in [5.41, 5.74) is 0.930. The first-order chi connectivity index (χ1) is 12.0. The first-order valence-electron chi connectivity index (χ1n) is 7.41. The van der Waals surface area contributed by atoms with Crippen molar-refractivity contribution >= 4 is 40.0 Å². The second-order valence-corrected chi connectivity index (χ2v) is 6.26. The Morgan fingerprint density at radius 1 is 1.24 bits per heavy atom. The van der Waals surface area contributed by atoms with Gasteiger partial charge in [-0.25, -0.2) is 4.39 Å². The third kappa shape index (κ3) is 3.90. The maximum atomic E-state index is 13.7. The summed E-state index contributed by atoms with van der Waals surface area (Å²) in [5, 5.41) is 14.1. The van der Waals surface area contributed by atoms with Gasteiger partial charge in [0.1, 0.15) is 5.82 Å². The molecular formula is C18H13Cl2FN2O2. The van der Waals surface area contributed by atoms with Crippen LogP contribution >= 0.6 is 23.2 Å². The number of hydrogen-bond donors (Lipinski definition) is 2. The minimum atomic E-state index is -1.03. The van der Waals surface area contributed by atoms with Crippen molar-refractivity contribution in [2.24, 2.45) is 0 Å². The molecule has 3 rings (SSSR count). The molecule has 0 bridgehead atoms. The number of benzene rings is 2. The molecule has 1 aromatic heterocycles. The zero-order valence-electron chi connectivity index (χ0n) is 12.8. The molecule has 0 saturated carbocycles. The highest BCUT2D eigenvalue weighted by Gasteiger charge is 2.17. The number of pyridine rings is 1. The zero-order chi connectivity index (χ0) is 18.0. The predicted molar refractivity (Wildman–Crippen MR) is 95.5 cm³/mol. The highest BCUT2D eigenvalue weighted by atomic mass is 35.5. The van der Waals surface area contributed by atoms with Gasteiger partial charge in [0.15, 0.2) is 0 Å². The Balaban J connectivity index is 1.79. The smallest absolute Gasteiger partial charge is 0.253 e. The van der Waals surface area contributed by atoms with Crippen molar-refractivity contribution < 1.29 is 14.3 Å². The molecule has 4 nitrogen and oxygen atoms in total. The molecule has 1 atom stereocenters. The Hall–Kier alpha value is -2.21. The average Bonchev–Trinajstić information content (AvgIpc) is 2.58. The molecule has 0 fully saturated rings. The van der Waals surface area contributed by atoms with Gasteiger partial charge in [0.2, 0.25) is 0 Å². The second-order valence-electron chi connectivity index (χ2n) is 5.42. The van der Waals surface area contributed by atoms with Crippen LogP contribution in [0.3, 0.4) is 0 Å². The molecule has 2 N–H and O–H groups in total. The highest BCUT2D eigenvalue weighted by molar-refractivity contribution is 6.35. The van der Waals surface area contributed by atoms with Crippen molar-refractivity contribution in [1.29, 1.82) is 0 Å². The number of carbonyl (C=O) groups excluding carboxylic acids is 1. The molecule has 0 aliphatic rings. The molecule has 1 heterocycles. The predicted octanol–water partition coefficient (Wildman–Crippen LogP) is 4.14. The van der Waals surface area contributed by atoms with E-state index in [0.29, 0.717) is 26.5 Å². The molecular weight excluding hydrogens is 366 g/mol. The van der Waals surface area contributed by atoms with Crippen molar-refractivity contribution in [2.45, 2.75) is 6.10 Å². The van der Waals surface area contributed by atoms with E-state index in [0.717, 1.165) is 6.07 Å². The number of rotatable bonds is 4. The molecule has 2 aromatic carbocycles. The average molecular weight is 379 g/mol. The number of amides is 1. The van der Waals surface area contributed by atoms with Gasteiger partial charge >= 0.3 is 0 Å². The molecule has 3 aromatic rings. The van der Waals surface area contributed by atoms with Crippen LogP contribution in [-0.2, 0) is 0 Å².